The summed E-state index contributed by atoms with van der Waals surface area (Å²) in [4.78, 5) is 24.1. The molecule has 0 aliphatic carbocycles. The van der Waals surface area contributed by atoms with Crippen LogP contribution in [0.1, 0.15) is 4.88 Å². The molecule has 5 rings (SSSR count). The molecule has 4 aromatic heterocycles. The van der Waals surface area contributed by atoms with Gasteiger partial charge in [-0.05, 0) is 43.3 Å². The van der Waals surface area contributed by atoms with Crippen molar-refractivity contribution in [2.75, 3.05) is 7.11 Å². The van der Waals surface area contributed by atoms with E-state index in [1.165, 1.54) is 4.88 Å². The third-order valence-electron chi connectivity index (χ3n) is 5.75. The summed E-state index contributed by atoms with van der Waals surface area (Å²) in [5, 5.41) is 3.58. The van der Waals surface area contributed by atoms with E-state index in [1.807, 2.05) is 42.2 Å². The van der Waals surface area contributed by atoms with Crippen molar-refractivity contribution in [1.82, 2.24) is 19.1 Å². The van der Waals surface area contributed by atoms with E-state index in [4.69, 9.17) is 21.0 Å². The quantitative estimate of drug-likeness (QED) is 0.341. The molecule has 9 heteroatoms. The molecule has 0 spiro atoms. The predicted molar refractivity (Wildman–Crippen MR) is 141 cm³/mol. The Hall–Kier alpha value is -3.04. The van der Waals surface area contributed by atoms with Gasteiger partial charge < -0.3 is 4.57 Å². The Labute approximate surface area is 207 Å². The number of aromatic nitrogens is 4. The Balaban J connectivity index is 1.72. The maximum atomic E-state index is 12.7. The SMILES string of the molecule is CO[Si+](c1cnc2c(c1)c(-c1ccc(C)s1)cc(=O)n2C)c1ccc(Cl)cc1-c1cn(C)cn1. The average Bonchev–Trinajstić information content (AvgIpc) is 3.45. The van der Waals surface area contributed by atoms with Gasteiger partial charge >= 0.3 is 9.04 Å². The molecule has 0 aliphatic rings. The van der Waals surface area contributed by atoms with Gasteiger partial charge in [-0.3, -0.25) is 9.36 Å². The Morgan fingerprint density at radius 2 is 1.88 bits per heavy atom. The first-order valence-electron chi connectivity index (χ1n) is 10.6. The van der Waals surface area contributed by atoms with Crippen molar-refractivity contribution in [2.45, 2.75) is 6.92 Å². The van der Waals surface area contributed by atoms with Gasteiger partial charge in [0.2, 0.25) is 0 Å². The van der Waals surface area contributed by atoms with Crippen LogP contribution in [0.2, 0.25) is 5.02 Å². The summed E-state index contributed by atoms with van der Waals surface area (Å²) in [7, 11) is 3.73. The lowest BCUT2D eigenvalue weighted by Crippen LogP contribution is -2.45. The van der Waals surface area contributed by atoms with Crippen molar-refractivity contribution < 1.29 is 4.43 Å². The maximum Gasteiger partial charge on any atom is 0.553 e. The molecule has 5 aromatic rings. The molecule has 0 amide bonds. The second-order valence-electron chi connectivity index (χ2n) is 8.11. The number of hydrogen-bond donors (Lipinski definition) is 0. The molecule has 4 heterocycles. The largest absolute Gasteiger partial charge is 0.553 e. The number of nitrogens with zero attached hydrogens (tertiary/aromatic N) is 4. The highest BCUT2D eigenvalue weighted by Crippen LogP contribution is 2.31. The lowest BCUT2D eigenvalue weighted by Gasteiger charge is -2.10. The van der Waals surface area contributed by atoms with Crippen molar-refractivity contribution in [2.24, 2.45) is 14.1 Å². The lowest BCUT2D eigenvalue weighted by atomic mass is 10.1. The summed E-state index contributed by atoms with van der Waals surface area (Å²) in [6.45, 7) is 2.06. The average molecular weight is 506 g/mol. The van der Waals surface area contributed by atoms with Gasteiger partial charge in [0.1, 0.15) is 16.0 Å². The van der Waals surface area contributed by atoms with Crippen molar-refractivity contribution in [3.63, 3.8) is 0 Å². The van der Waals surface area contributed by atoms with Crippen LogP contribution in [0.15, 0.2) is 66.0 Å². The Bertz CT molecular complexity index is 1590. The monoisotopic (exact) mass is 505 g/mol. The van der Waals surface area contributed by atoms with Gasteiger partial charge in [-0.2, -0.15) is 0 Å². The third-order valence-corrected chi connectivity index (χ3v) is 9.15. The Kier molecular flexibility index (Phi) is 5.99. The van der Waals surface area contributed by atoms with Crippen molar-refractivity contribution >= 4 is 53.4 Å². The van der Waals surface area contributed by atoms with Gasteiger partial charge in [-0.15, -0.1) is 11.3 Å². The highest BCUT2D eigenvalue weighted by Gasteiger charge is 2.39. The Morgan fingerprint density at radius 1 is 1.06 bits per heavy atom. The zero-order chi connectivity index (χ0) is 24.0. The summed E-state index contributed by atoms with van der Waals surface area (Å²) in [5.41, 5.74) is 3.24. The number of benzene rings is 1. The van der Waals surface area contributed by atoms with Crippen LogP contribution < -0.4 is 15.9 Å². The predicted octanol–water partition coefficient (Wildman–Crippen LogP) is 3.78. The number of thiophene rings is 1. The van der Waals surface area contributed by atoms with E-state index >= 15 is 0 Å². The molecule has 0 fully saturated rings. The van der Waals surface area contributed by atoms with Gasteiger partial charge in [-0.1, -0.05) is 11.6 Å². The highest BCUT2D eigenvalue weighted by atomic mass is 35.5. The van der Waals surface area contributed by atoms with Crippen LogP contribution in [0.4, 0.5) is 0 Å². The molecule has 6 nitrogen and oxygen atoms in total. The molecule has 0 saturated heterocycles. The third kappa shape index (κ3) is 4.03. The highest BCUT2D eigenvalue weighted by molar-refractivity contribution is 7.15. The number of pyridine rings is 2. The fourth-order valence-corrected chi connectivity index (χ4v) is 7.07. The molecule has 0 radical (unpaired) electrons. The molecule has 34 heavy (non-hydrogen) atoms. The second-order valence-corrected chi connectivity index (χ2v) is 12.0. The van der Waals surface area contributed by atoms with Gasteiger partial charge in [0.25, 0.3) is 5.56 Å². The topological polar surface area (TPSA) is 61.9 Å². The summed E-state index contributed by atoms with van der Waals surface area (Å²) >= 11 is 8.03. The van der Waals surface area contributed by atoms with Crippen LogP contribution in [0.25, 0.3) is 32.7 Å². The minimum absolute atomic E-state index is 0.0822. The molecule has 170 valence electrons. The first-order valence-corrected chi connectivity index (χ1v) is 13.2. The molecule has 1 aromatic carbocycles. The zero-order valence-corrected chi connectivity index (χ0v) is 21.7. The Morgan fingerprint density at radius 3 is 2.56 bits per heavy atom. The smallest absolute Gasteiger partial charge is 0.340 e. The minimum Gasteiger partial charge on any atom is -0.340 e. The molecule has 0 unspecified atom stereocenters. The minimum atomic E-state index is -1.68. The van der Waals surface area contributed by atoms with Crippen LogP contribution in [-0.4, -0.2) is 35.3 Å². The molecule has 0 aliphatic heterocycles. The summed E-state index contributed by atoms with van der Waals surface area (Å²) in [6, 6.07) is 13.8. The lowest BCUT2D eigenvalue weighted by molar-refractivity contribution is 0.439. The van der Waals surface area contributed by atoms with Crippen LogP contribution in [-0.2, 0) is 18.5 Å². The zero-order valence-electron chi connectivity index (χ0n) is 19.2. The summed E-state index contributed by atoms with van der Waals surface area (Å²) < 4.78 is 9.60. The number of imidazole rings is 1. The van der Waals surface area contributed by atoms with Gasteiger partial charge in [-0.25, -0.2) is 14.4 Å². The molecule has 0 saturated carbocycles. The first-order chi connectivity index (χ1) is 16.4. The standard InChI is InChI=1S/C25H22ClN4O2SSi/c1-15-5-7-22(33-15)18-11-24(31)30(3)25-19(18)10-17(12-27-25)34(32-4)23-8-6-16(26)9-20(23)21-13-29(2)14-28-21/h5-14H,1-4H3/q+1. The first kappa shape index (κ1) is 22.7. The van der Waals surface area contributed by atoms with E-state index in [9.17, 15) is 4.79 Å². The summed E-state index contributed by atoms with van der Waals surface area (Å²) in [5.74, 6) is 0. The van der Waals surface area contributed by atoms with E-state index in [0.717, 1.165) is 37.5 Å². The van der Waals surface area contributed by atoms with E-state index < -0.39 is 9.04 Å². The van der Waals surface area contributed by atoms with Crippen molar-refractivity contribution in [3.8, 4) is 21.7 Å². The molecule has 0 bridgehead atoms. The van der Waals surface area contributed by atoms with Gasteiger partial charge in [0, 0.05) is 57.6 Å². The van der Waals surface area contributed by atoms with Crippen molar-refractivity contribution in [1.29, 1.82) is 0 Å². The van der Waals surface area contributed by atoms with E-state index in [2.05, 4.69) is 30.1 Å². The number of hydrogen-bond acceptors (Lipinski definition) is 5. The van der Waals surface area contributed by atoms with Crippen molar-refractivity contribution in [3.05, 3.63) is 81.4 Å². The second kappa shape index (κ2) is 8.96. The van der Waals surface area contributed by atoms with E-state index in [-0.39, 0.29) is 5.56 Å². The van der Waals surface area contributed by atoms with Crippen LogP contribution in [0.5, 0.6) is 0 Å². The molecular formula is C25H22ClN4O2SSi+. The molecule has 0 N–H and O–H groups in total. The van der Waals surface area contributed by atoms with Crippen LogP contribution in [0.3, 0.4) is 0 Å². The molecule has 0 atom stereocenters. The number of aryl methyl sites for hydroxylation is 3. The van der Waals surface area contributed by atoms with Gasteiger partial charge in [0.15, 0.2) is 0 Å². The van der Waals surface area contributed by atoms with Crippen LogP contribution in [0, 0.1) is 6.92 Å². The number of fused-ring (bicyclic) bond motifs is 1. The van der Waals surface area contributed by atoms with E-state index in [0.29, 0.717) is 10.7 Å². The van der Waals surface area contributed by atoms with E-state index in [1.54, 1.807) is 42.5 Å². The molecular weight excluding hydrogens is 484 g/mol. The van der Waals surface area contributed by atoms with Crippen LogP contribution >= 0.6 is 22.9 Å². The fourth-order valence-electron chi connectivity index (χ4n) is 4.09. The normalized spacial score (nSPS) is 11.3. The number of rotatable bonds is 5. The summed E-state index contributed by atoms with van der Waals surface area (Å²) in [6.07, 6.45) is 5.56. The number of halogens is 1. The maximum absolute atomic E-state index is 12.7. The van der Waals surface area contributed by atoms with Gasteiger partial charge in [0.05, 0.1) is 25.3 Å². The fraction of sp³-hybridized carbons (Fsp3) is 0.160.